The molecule has 0 aliphatic carbocycles. The van der Waals surface area contributed by atoms with Gasteiger partial charge in [-0.2, -0.15) is 5.10 Å². The van der Waals surface area contributed by atoms with Crippen LogP contribution in [-0.4, -0.2) is 73.2 Å². The minimum absolute atomic E-state index is 0.0692. The van der Waals surface area contributed by atoms with Gasteiger partial charge >= 0.3 is 0 Å². The van der Waals surface area contributed by atoms with E-state index in [4.69, 9.17) is 29.8 Å². The molecule has 0 aliphatic heterocycles. The molecular weight excluding hydrogens is 1630 g/mol. The van der Waals surface area contributed by atoms with Crippen molar-refractivity contribution in [3.8, 4) is 112 Å². The largest absolute Gasteiger partial charge is 0.362 e. The lowest BCUT2D eigenvalue weighted by Crippen LogP contribution is -1.96. The molecule has 16 nitrogen and oxygen atoms in total. The van der Waals surface area contributed by atoms with Gasteiger partial charge in [-0.25, -0.2) is 82.1 Å². The monoisotopic (exact) mass is 1680 g/mol. The summed E-state index contributed by atoms with van der Waals surface area (Å²) in [4.78, 5) is 50.4. The Hall–Kier alpha value is -15.2. The van der Waals surface area contributed by atoms with E-state index in [1.54, 1.807) is 124 Å². The van der Waals surface area contributed by atoms with Gasteiger partial charge in [0, 0.05) is 159 Å². The van der Waals surface area contributed by atoms with Crippen LogP contribution in [0.1, 0.15) is 0 Å². The minimum atomic E-state index is -1.26. The predicted molar refractivity (Wildman–Crippen MR) is 442 cm³/mol. The highest BCUT2D eigenvalue weighted by Crippen LogP contribution is 2.40. The second kappa shape index (κ2) is 34.9. The van der Waals surface area contributed by atoms with Crippen molar-refractivity contribution in [2.45, 2.75) is 0 Å². The fraction of sp³-hybridized carbons (Fsp3) is 0. The molecule has 0 saturated heterocycles. The zero-order valence-electron chi connectivity index (χ0n) is 61.8. The molecule has 0 radical (unpaired) electrons. The molecule has 20 aromatic rings. The van der Waals surface area contributed by atoms with Gasteiger partial charge in [0.15, 0.2) is 40.6 Å². The van der Waals surface area contributed by atoms with Crippen molar-refractivity contribution in [3.05, 3.63) is 384 Å². The van der Waals surface area contributed by atoms with Gasteiger partial charge in [0.05, 0.1) is 83.4 Å². The van der Waals surface area contributed by atoms with Gasteiger partial charge in [-0.3, -0.25) is 29.9 Å². The summed E-state index contributed by atoms with van der Waals surface area (Å²) in [6, 6.07) is 55.2. The van der Waals surface area contributed by atoms with Crippen LogP contribution < -0.4 is 0 Å². The average Bonchev–Trinajstić information content (AvgIpc) is 1.77. The zero-order chi connectivity index (χ0) is 84.0. The van der Waals surface area contributed by atoms with Crippen LogP contribution in [0.5, 0.6) is 0 Å². The lowest BCUT2D eigenvalue weighted by atomic mass is 9.99. The third-order valence-electron chi connectivity index (χ3n) is 18.8. The molecule has 0 saturated carbocycles. The maximum atomic E-state index is 14.2. The standard InChI is InChI=1S/C19H11ClFN3.C19H9F3N4.C18H10F3N3.C18H9F3N2S.C17H10ClFN4/c20-14-11-12(5-6-15(14)21)19-13(3-1-10-23-19)16-7-8-17-18(24-16)4-2-9-22-17;1-23-18-9-25-17-5-4-11(10-26(17)18)12-3-2-6-24-19(12)13-7-15(21)16(22)8-14(13)20;19-14-9-16(21)15(20)8-13(14)18-12(2-1-5-23-18)11-3-4-17-22-6-7-24(17)10-11;19-13-8-15(21)14(20)7-12(13)18-11(2-1-5-22-18)10-3-4-16-17(6-10)24-9-23-16;18-14-8-11(3-5-15(14)19)17-13(2-1-7-20-17)12-4-6-16-21-10-22-23(16)9-12/h1-11H;2-10H;1-10H;1-9H;1-10H. The van der Waals surface area contributed by atoms with Crippen LogP contribution in [0.2, 0.25) is 10.0 Å². The maximum absolute atomic E-state index is 14.2. The number of hydrogen-bond donors (Lipinski definition) is 0. The van der Waals surface area contributed by atoms with Crippen LogP contribution >= 0.6 is 34.5 Å². The van der Waals surface area contributed by atoms with Gasteiger partial charge < -0.3 is 9.25 Å². The fourth-order valence-corrected chi connectivity index (χ4v) is 14.1. The first kappa shape index (κ1) is 79.6. The second-order valence-corrected chi connectivity index (χ2v) is 27.9. The Morgan fingerprint density at radius 3 is 1.34 bits per heavy atom. The quantitative estimate of drug-likeness (QED) is 0.0722. The molecule has 0 amide bonds. The van der Waals surface area contributed by atoms with Gasteiger partial charge in [-0.1, -0.05) is 60.1 Å². The number of hydrogen-bond acceptors (Lipinski definition) is 13. The number of thiazole rings is 1. The van der Waals surface area contributed by atoms with Crippen molar-refractivity contribution < 1.29 is 48.3 Å². The Balaban J connectivity index is 0.000000112. The average molecular weight is 1680 g/mol. The topological polar surface area (TPSA) is 172 Å². The first-order chi connectivity index (χ1) is 58.8. The Kier molecular flexibility index (Phi) is 23.0. The van der Waals surface area contributed by atoms with Crippen molar-refractivity contribution in [3.63, 3.8) is 0 Å². The maximum Gasteiger partial charge on any atom is 0.254 e. The number of benzene rings is 6. The van der Waals surface area contributed by atoms with Crippen LogP contribution in [0.15, 0.2) is 299 Å². The summed E-state index contributed by atoms with van der Waals surface area (Å²) in [6.07, 6.45) is 21.3. The number of halogens is 13. The highest BCUT2D eigenvalue weighted by Gasteiger charge is 2.23. The zero-order valence-corrected chi connectivity index (χ0v) is 64.1. The molecule has 121 heavy (non-hydrogen) atoms. The molecule has 0 fully saturated rings. The highest BCUT2D eigenvalue weighted by atomic mass is 35.5. The number of aromatic nitrogens is 15. The molecule has 30 heteroatoms. The van der Waals surface area contributed by atoms with Crippen LogP contribution in [0.3, 0.4) is 0 Å². The lowest BCUT2D eigenvalue weighted by molar-refractivity contribution is 0.496. The molecule has 590 valence electrons. The van der Waals surface area contributed by atoms with Gasteiger partial charge in [0.25, 0.3) is 5.82 Å². The van der Waals surface area contributed by atoms with Gasteiger partial charge in [0.1, 0.15) is 41.1 Å². The Bertz CT molecular complexity index is 7220. The van der Waals surface area contributed by atoms with Crippen molar-refractivity contribution in [1.82, 2.24) is 73.2 Å². The fourth-order valence-electron chi connectivity index (χ4n) is 13.1. The Morgan fingerprint density at radius 1 is 0.322 bits per heavy atom. The molecule has 14 aromatic heterocycles. The van der Waals surface area contributed by atoms with Crippen LogP contribution in [0.25, 0.3) is 155 Å². The summed E-state index contributed by atoms with van der Waals surface area (Å²) >= 11 is 13.3. The van der Waals surface area contributed by atoms with E-state index in [2.05, 4.69) is 64.8 Å². The van der Waals surface area contributed by atoms with Gasteiger partial charge in [0.2, 0.25) is 5.65 Å². The number of rotatable bonds is 10. The predicted octanol–water partition coefficient (Wildman–Crippen LogP) is 24.4. The molecular formula is C91H49Cl2F11N16S. The van der Waals surface area contributed by atoms with E-state index in [0.29, 0.717) is 57.6 Å². The van der Waals surface area contributed by atoms with Crippen LogP contribution in [0.4, 0.5) is 54.1 Å². The van der Waals surface area contributed by atoms with Crippen molar-refractivity contribution >= 4 is 78.5 Å². The van der Waals surface area contributed by atoms with E-state index in [0.717, 1.165) is 101 Å². The Morgan fingerprint density at radius 2 is 0.777 bits per heavy atom. The molecule has 0 atom stereocenters. The summed E-state index contributed by atoms with van der Waals surface area (Å²) in [7, 11) is 0. The van der Waals surface area contributed by atoms with Crippen LogP contribution in [0, 0.1) is 70.6 Å². The third-order valence-corrected chi connectivity index (χ3v) is 20.2. The summed E-state index contributed by atoms with van der Waals surface area (Å²) in [5, 5.41) is 4.29. The first-order valence-corrected chi connectivity index (χ1v) is 37.7. The lowest BCUT2D eigenvalue weighted by Gasteiger charge is -2.10. The molecule has 14 heterocycles. The minimum Gasteiger partial charge on any atom is -0.362 e. The molecule has 0 N–H and O–H groups in total. The van der Waals surface area contributed by atoms with E-state index in [1.807, 2.05) is 108 Å². The van der Waals surface area contributed by atoms with E-state index < -0.39 is 64.0 Å². The second-order valence-electron chi connectivity index (χ2n) is 26.2. The normalized spacial score (nSPS) is 11.0. The van der Waals surface area contributed by atoms with E-state index in [9.17, 15) is 48.3 Å². The van der Waals surface area contributed by atoms with Gasteiger partial charge in [-0.15, -0.1) is 11.3 Å². The number of imidazole rings is 2. The number of pyridine rings is 10. The van der Waals surface area contributed by atoms with E-state index >= 15 is 0 Å². The van der Waals surface area contributed by atoms with Gasteiger partial charge in [-0.05, 0) is 163 Å². The summed E-state index contributed by atoms with van der Waals surface area (Å²) in [6.45, 7) is 7.19. The molecule has 0 aliphatic rings. The van der Waals surface area contributed by atoms with E-state index in [1.165, 1.54) is 54.6 Å². The van der Waals surface area contributed by atoms with Crippen molar-refractivity contribution in [2.24, 2.45) is 0 Å². The summed E-state index contributed by atoms with van der Waals surface area (Å²) < 4.78 is 156. The SMILES string of the molecule is Fc1cc(F)c(-c2ncccc2-c2ccc3nccn3c2)cc1F.Fc1cc(F)c(-c2ncccc2-c2ccc3ncsc3c2)cc1F.Fc1ccc(-c2ncccc2-c2ccc3ncccc3n2)cc1Cl.Fc1ccc(-c2ncccc2-c2ccc3ncnn3c2)cc1Cl.[C-]#[N+]c1cnc2ccc(-c3cccnc3-c3cc(F)c(F)cc3F)cn12. The van der Waals surface area contributed by atoms with Crippen molar-refractivity contribution in [1.29, 1.82) is 0 Å². The number of nitrogens with zero attached hydrogens (tertiary/aromatic N) is 16. The first-order valence-electron chi connectivity index (χ1n) is 36.0. The summed E-state index contributed by atoms with van der Waals surface area (Å²) in [5.74, 6) is -10.3. The third kappa shape index (κ3) is 17.1. The Labute approximate surface area is 692 Å². The van der Waals surface area contributed by atoms with E-state index in [-0.39, 0.29) is 43.8 Å². The highest BCUT2D eigenvalue weighted by molar-refractivity contribution is 7.16. The molecule has 0 bridgehead atoms. The molecule has 20 rings (SSSR count). The molecule has 0 unspecified atom stereocenters. The van der Waals surface area contributed by atoms with Crippen molar-refractivity contribution in [2.75, 3.05) is 0 Å². The molecule has 0 spiro atoms. The molecule has 6 aromatic carbocycles. The number of fused-ring (bicyclic) bond motifs is 5. The van der Waals surface area contributed by atoms with Crippen LogP contribution in [-0.2, 0) is 0 Å². The summed E-state index contributed by atoms with van der Waals surface area (Å²) in [5.41, 5.74) is 17.1. The smallest absolute Gasteiger partial charge is 0.254 e.